The van der Waals surface area contributed by atoms with Crippen LogP contribution in [0.1, 0.15) is 21.2 Å². The van der Waals surface area contributed by atoms with Gasteiger partial charge < -0.3 is 11.1 Å². The zero-order valence-corrected chi connectivity index (χ0v) is 12.1. The monoisotopic (exact) mass is 299 g/mol. The number of nitrogen functional groups attached to an aromatic ring is 1. The van der Waals surface area contributed by atoms with Crippen LogP contribution in [0.3, 0.4) is 0 Å². The molecule has 3 heterocycles. The Bertz CT molecular complexity index is 814. The van der Waals surface area contributed by atoms with Crippen LogP contribution in [-0.4, -0.2) is 20.9 Å². The number of carbonyl (C=O) groups excluding carboxylic acids is 1. The smallest absolute Gasteiger partial charge is 0.263 e. The molecule has 3 aromatic heterocycles. The summed E-state index contributed by atoms with van der Waals surface area (Å²) in [6.45, 7) is 2.15. The average molecular weight is 299 g/mol. The van der Waals surface area contributed by atoms with Crippen molar-refractivity contribution in [2.24, 2.45) is 0 Å². The van der Waals surface area contributed by atoms with Crippen LogP contribution in [0, 0.1) is 6.92 Å². The third-order valence-corrected chi connectivity index (χ3v) is 4.16. The summed E-state index contributed by atoms with van der Waals surface area (Å²) in [5.74, 6) is 0.471. The first-order valence-electron chi connectivity index (χ1n) is 6.34. The van der Waals surface area contributed by atoms with Gasteiger partial charge >= 0.3 is 0 Å². The molecule has 0 aliphatic rings. The van der Waals surface area contributed by atoms with Crippen LogP contribution in [0.4, 0.5) is 5.69 Å². The van der Waals surface area contributed by atoms with Crippen LogP contribution in [0.5, 0.6) is 0 Å². The van der Waals surface area contributed by atoms with E-state index in [2.05, 4.69) is 20.3 Å². The summed E-state index contributed by atoms with van der Waals surface area (Å²) < 4.78 is 0.901. The first kappa shape index (κ1) is 13.4. The Hall–Kier alpha value is -2.54. The lowest BCUT2D eigenvalue weighted by atomic mass is 10.2. The summed E-state index contributed by atoms with van der Waals surface area (Å²) in [7, 11) is 0. The summed E-state index contributed by atoms with van der Waals surface area (Å²) in [6, 6.07) is 3.58. The summed E-state index contributed by atoms with van der Waals surface area (Å²) in [4.78, 5) is 25.0. The minimum atomic E-state index is -0.204. The quantitative estimate of drug-likeness (QED) is 0.770. The van der Waals surface area contributed by atoms with Gasteiger partial charge in [0.1, 0.15) is 10.7 Å². The van der Waals surface area contributed by atoms with E-state index in [0.717, 1.165) is 15.8 Å². The number of hydrogen-bond acceptors (Lipinski definition) is 6. The molecule has 0 fully saturated rings. The van der Waals surface area contributed by atoms with Gasteiger partial charge in [-0.25, -0.2) is 9.97 Å². The SMILES string of the molecule is Cc1nccc(CNC(=O)c2sc3cnccc3c2N)n1. The molecule has 0 saturated heterocycles. The summed E-state index contributed by atoms with van der Waals surface area (Å²) in [5.41, 5.74) is 7.28. The van der Waals surface area contributed by atoms with E-state index in [4.69, 9.17) is 5.73 Å². The second-order valence-electron chi connectivity index (χ2n) is 4.49. The second kappa shape index (κ2) is 5.45. The number of nitrogens with two attached hydrogens (primary N) is 1. The molecule has 0 bridgehead atoms. The molecule has 0 radical (unpaired) electrons. The maximum absolute atomic E-state index is 12.2. The number of aryl methyl sites for hydroxylation is 1. The van der Waals surface area contributed by atoms with Crippen LogP contribution in [0.15, 0.2) is 30.7 Å². The molecule has 7 heteroatoms. The number of aromatic nitrogens is 3. The van der Waals surface area contributed by atoms with Crippen molar-refractivity contribution in [3.8, 4) is 0 Å². The van der Waals surface area contributed by atoms with Crippen LogP contribution in [-0.2, 0) is 6.54 Å². The number of fused-ring (bicyclic) bond motifs is 1. The van der Waals surface area contributed by atoms with E-state index in [1.54, 1.807) is 24.7 Å². The van der Waals surface area contributed by atoms with Gasteiger partial charge in [-0.2, -0.15) is 0 Å². The third-order valence-electron chi connectivity index (χ3n) is 3.00. The number of nitrogens with one attached hydrogen (secondary N) is 1. The van der Waals surface area contributed by atoms with Crippen molar-refractivity contribution in [2.45, 2.75) is 13.5 Å². The lowest BCUT2D eigenvalue weighted by Gasteiger charge is -2.04. The molecule has 0 spiro atoms. The number of nitrogens with zero attached hydrogens (tertiary/aromatic N) is 3. The maximum atomic E-state index is 12.2. The van der Waals surface area contributed by atoms with E-state index in [1.807, 2.05) is 13.0 Å². The van der Waals surface area contributed by atoms with E-state index in [-0.39, 0.29) is 5.91 Å². The zero-order chi connectivity index (χ0) is 14.8. The fourth-order valence-electron chi connectivity index (χ4n) is 1.99. The lowest BCUT2D eigenvalue weighted by molar-refractivity contribution is 0.0955. The first-order valence-corrected chi connectivity index (χ1v) is 7.15. The van der Waals surface area contributed by atoms with Gasteiger partial charge in [0.05, 0.1) is 22.6 Å². The Kier molecular flexibility index (Phi) is 3.49. The Balaban J connectivity index is 1.79. The maximum Gasteiger partial charge on any atom is 0.263 e. The van der Waals surface area contributed by atoms with Crippen molar-refractivity contribution < 1.29 is 4.79 Å². The Morgan fingerprint density at radius 1 is 1.38 bits per heavy atom. The normalized spacial score (nSPS) is 10.7. The van der Waals surface area contributed by atoms with Crippen LogP contribution in [0.2, 0.25) is 0 Å². The number of pyridine rings is 1. The zero-order valence-electron chi connectivity index (χ0n) is 11.3. The fraction of sp³-hybridized carbons (Fsp3) is 0.143. The van der Waals surface area contributed by atoms with Crippen molar-refractivity contribution in [1.82, 2.24) is 20.3 Å². The van der Waals surface area contributed by atoms with Crippen molar-refractivity contribution in [1.29, 1.82) is 0 Å². The molecule has 6 nitrogen and oxygen atoms in total. The molecule has 21 heavy (non-hydrogen) atoms. The summed E-state index contributed by atoms with van der Waals surface area (Å²) in [6.07, 6.45) is 5.04. The average Bonchev–Trinajstić information content (AvgIpc) is 2.83. The molecule has 1 amide bonds. The molecule has 0 saturated carbocycles. The van der Waals surface area contributed by atoms with Gasteiger partial charge in [0.15, 0.2) is 0 Å². The predicted octanol–water partition coefficient (Wildman–Crippen LogP) is 1.91. The number of amides is 1. The van der Waals surface area contributed by atoms with Gasteiger partial charge in [0.25, 0.3) is 5.91 Å². The predicted molar refractivity (Wildman–Crippen MR) is 82.0 cm³/mol. The molecule has 3 N–H and O–H groups in total. The van der Waals surface area contributed by atoms with Crippen molar-refractivity contribution >= 4 is 33.0 Å². The number of hydrogen-bond donors (Lipinski definition) is 2. The minimum Gasteiger partial charge on any atom is -0.397 e. The molecular formula is C14H13N5OS. The van der Waals surface area contributed by atoms with E-state index in [0.29, 0.717) is 22.9 Å². The van der Waals surface area contributed by atoms with Gasteiger partial charge in [-0.3, -0.25) is 9.78 Å². The second-order valence-corrected chi connectivity index (χ2v) is 5.55. The Morgan fingerprint density at radius 3 is 3.00 bits per heavy atom. The topological polar surface area (TPSA) is 93.8 Å². The van der Waals surface area contributed by atoms with Crippen molar-refractivity contribution in [2.75, 3.05) is 5.73 Å². The molecule has 0 atom stereocenters. The molecule has 0 unspecified atom stereocenters. The molecule has 3 rings (SSSR count). The standard InChI is InChI=1S/C14H13N5OS/c1-8-17-5-2-9(19-8)6-18-14(20)13-12(15)10-3-4-16-7-11(10)21-13/h2-5,7H,6,15H2,1H3,(H,18,20). The van der Waals surface area contributed by atoms with Gasteiger partial charge in [-0.05, 0) is 19.1 Å². The van der Waals surface area contributed by atoms with Crippen molar-refractivity contribution in [3.63, 3.8) is 0 Å². The highest BCUT2D eigenvalue weighted by Crippen LogP contribution is 2.32. The van der Waals surface area contributed by atoms with E-state index in [9.17, 15) is 4.79 Å². The van der Waals surface area contributed by atoms with Crippen LogP contribution < -0.4 is 11.1 Å². The molecule has 0 aliphatic heterocycles. The van der Waals surface area contributed by atoms with E-state index in [1.165, 1.54) is 11.3 Å². The lowest BCUT2D eigenvalue weighted by Crippen LogP contribution is -2.23. The Morgan fingerprint density at radius 2 is 2.24 bits per heavy atom. The number of rotatable bonds is 3. The fourth-order valence-corrected chi connectivity index (χ4v) is 3.00. The summed E-state index contributed by atoms with van der Waals surface area (Å²) in [5, 5.41) is 3.68. The van der Waals surface area contributed by atoms with Gasteiger partial charge in [0.2, 0.25) is 0 Å². The Labute approximate surface area is 125 Å². The molecule has 0 aromatic carbocycles. The van der Waals surface area contributed by atoms with Crippen LogP contribution >= 0.6 is 11.3 Å². The molecule has 0 aliphatic carbocycles. The summed E-state index contributed by atoms with van der Waals surface area (Å²) >= 11 is 1.34. The van der Waals surface area contributed by atoms with E-state index < -0.39 is 0 Å². The van der Waals surface area contributed by atoms with Gasteiger partial charge in [-0.1, -0.05) is 0 Å². The van der Waals surface area contributed by atoms with Gasteiger partial charge in [0, 0.05) is 24.0 Å². The first-order chi connectivity index (χ1) is 10.1. The highest BCUT2D eigenvalue weighted by atomic mass is 32.1. The highest BCUT2D eigenvalue weighted by molar-refractivity contribution is 7.21. The van der Waals surface area contributed by atoms with Crippen LogP contribution in [0.25, 0.3) is 10.1 Å². The van der Waals surface area contributed by atoms with E-state index >= 15 is 0 Å². The number of anilines is 1. The van der Waals surface area contributed by atoms with Gasteiger partial charge in [-0.15, -0.1) is 11.3 Å². The van der Waals surface area contributed by atoms with Crippen molar-refractivity contribution in [3.05, 3.63) is 47.1 Å². The molecule has 106 valence electrons. The highest BCUT2D eigenvalue weighted by Gasteiger charge is 2.16. The third kappa shape index (κ3) is 2.68. The molecule has 3 aromatic rings. The molecular weight excluding hydrogens is 286 g/mol. The number of thiophene rings is 1. The minimum absolute atomic E-state index is 0.204. The largest absolute Gasteiger partial charge is 0.397 e. The number of carbonyl (C=O) groups is 1.